The second kappa shape index (κ2) is 6.27. The third kappa shape index (κ3) is 3.28. The number of nitrogens with two attached hydrogens (primary N) is 1. The predicted octanol–water partition coefficient (Wildman–Crippen LogP) is 1.27. The molecule has 0 spiro atoms. The summed E-state index contributed by atoms with van der Waals surface area (Å²) in [4.78, 5) is 6.79. The monoisotopic (exact) mass is 249 g/mol. The summed E-state index contributed by atoms with van der Waals surface area (Å²) in [6.45, 7) is 7.42. The molecular formula is C14H23N3O. The van der Waals surface area contributed by atoms with Crippen LogP contribution in [0.1, 0.15) is 19.0 Å². The lowest BCUT2D eigenvalue weighted by atomic mass is 9.87. The molecule has 0 radical (unpaired) electrons. The third-order valence-corrected chi connectivity index (χ3v) is 3.74. The summed E-state index contributed by atoms with van der Waals surface area (Å²) in [5.41, 5.74) is 7.20. The van der Waals surface area contributed by atoms with Crippen molar-refractivity contribution in [2.24, 2.45) is 11.1 Å². The SMILES string of the molecule is CCN(Cc1ccccn1)CC1(CN)CCOC1. The Balaban J connectivity index is 1.96. The molecular weight excluding hydrogens is 226 g/mol. The second-order valence-corrected chi connectivity index (χ2v) is 5.13. The van der Waals surface area contributed by atoms with Crippen LogP contribution in [0.5, 0.6) is 0 Å². The zero-order valence-corrected chi connectivity index (χ0v) is 11.1. The van der Waals surface area contributed by atoms with E-state index in [1.807, 2.05) is 18.3 Å². The van der Waals surface area contributed by atoms with E-state index in [0.717, 1.165) is 45.0 Å². The van der Waals surface area contributed by atoms with Crippen molar-refractivity contribution in [1.29, 1.82) is 0 Å². The lowest BCUT2D eigenvalue weighted by molar-refractivity contribution is 0.113. The van der Waals surface area contributed by atoms with Crippen LogP contribution in [0.25, 0.3) is 0 Å². The molecule has 1 aliphatic heterocycles. The van der Waals surface area contributed by atoms with Crippen molar-refractivity contribution in [1.82, 2.24) is 9.88 Å². The van der Waals surface area contributed by atoms with Gasteiger partial charge in [-0.1, -0.05) is 13.0 Å². The van der Waals surface area contributed by atoms with Crippen molar-refractivity contribution in [2.45, 2.75) is 19.9 Å². The Morgan fingerprint density at radius 3 is 2.94 bits per heavy atom. The zero-order chi connectivity index (χ0) is 12.8. The van der Waals surface area contributed by atoms with Crippen molar-refractivity contribution in [3.8, 4) is 0 Å². The molecule has 2 N–H and O–H groups in total. The summed E-state index contributed by atoms with van der Waals surface area (Å²) in [7, 11) is 0. The molecule has 1 fully saturated rings. The fourth-order valence-electron chi connectivity index (χ4n) is 2.47. The maximum Gasteiger partial charge on any atom is 0.0547 e. The molecule has 100 valence electrons. The van der Waals surface area contributed by atoms with Gasteiger partial charge in [0, 0.05) is 37.9 Å². The van der Waals surface area contributed by atoms with Gasteiger partial charge in [0.25, 0.3) is 0 Å². The first-order valence-corrected chi connectivity index (χ1v) is 6.68. The Morgan fingerprint density at radius 1 is 1.50 bits per heavy atom. The quantitative estimate of drug-likeness (QED) is 0.825. The highest BCUT2D eigenvalue weighted by Crippen LogP contribution is 2.28. The average molecular weight is 249 g/mol. The van der Waals surface area contributed by atoms with E-state index in [9.17, 15) is 0 Å². The van der Waals surface area contributed by atoms with Gasteiger partial charge in [0.2, 0.25) is 0 Å². The van der Waals surface area contributed by atoms with E-state index in [-0.39, 0.29) is 5.41 Å². The van der Waals surface area contributed by atoms with Crippen LogP contribution >= 0.6 is 0 Å². The molecule has 4 heteroatoms. The Kier molecular flexibility index (Phi) is 4.69. The number of hydrogen-bond acceptors (Lipinski definition) is 4. The van der Waals surface area contributed by atoms with E-state index in [1.165, 1.54) is 0 Å². The van der Waals surface area contributed by atoms with Crippen molar-refractivity contribution < 1.29 is 4.74 Å². The topological polar surface area (TPSA) is 51.4 Å². The van der Waals surface area contributed by atoms with E-state index in [2.05, 4.69) is 22.9 Å². The first-order valence-electron chi connectivity index (χ1n) is 6.68. The largest absolute Gasteiger partial charge is 0.381 e. The van der Waals surface area contributed by atoms with E-state index in [4.69, 9.17) is 10.5 Å². The van der Waals surface area contributed by atoms with Gasteiger partial charge in [0.1, 0.15) is 0 Å². The van der Waals surface area contributed by atoms with Gasteiger partial charge in [-0.25, -0.2) is 0 Å². The van der Waals surface area contributed by atoms with Crippen LogP contribution in [-0.2, 0) is 11.3 Å². The molecule has 1 atom stereocenters. The second-order valence-electron chi connectivity index (χ2n) is 5.13. The summed E-state index contributed by atoms with van der Waals surface area (Å²) in [5, 5.41) is 0. The Bertz CT molecular complexity index is 349. The molecule has 0 aromatic carbocycles. The molecule has 0 amide bonds. The number of aromatic nitrogens is 1. The summed E-state index contributed by atoms with van der Waals surface area (Å²) < 4.78 is 5.52. The molecule has 2 heterocycles. The molecule has 1 aromatic rings. The summed E-state index contributed by atoms with van der Waals surface area (Å²) in [6.07, 6.45) is 2.92. The number of nitrogens with zero attached hydrogens (tertiary/aromatic N) is 2. The molecule has 0 bridgehead atoms. The van der Waals surface area contributed by atoms with Crippen molar-refractivity contribution in [3.63, 3.8) is 0 Å². The molecule has 1 saturated heterocycles. The van der Waals surface area contributed by atoms with Crippen LogP contribution < -0.4 is 5.73 Å². The summed E-state index contributed by atoms with van der Waals surface area (Å²) >= 11 is 0. The highest BCUT2D eigenvalue weighted by atomic mass is 16.5. The average Bonchev–Trinajstić information content (AvgIpc) is 2.88. The molecule has 1 aliphatic rings. The normalized spacial score (nSPS) is 23.7. The maximum atomic E-state index is 5.94. The highest BCUT2D eigenvalue weighted by molar-refractivity contribution is 5.03. The van der Waals surface area contributed by atoms with Crippen molar-refractivity contribution in [2.75, 3.05) is 32.8 Å². The first kappa shape index (κ1) is 13.5. The lowest BCUT2D eigenvalue weighted by Crippen LogP contribution is -2.43. The molecule has 0 saturated carbocycles. The van der Waals surface area contributed by atoms with Crippen LogP contribution in [0.15, 0.2) is 24.4 Å². The number of pyridine rings is 1. The number of ether oxygens (including phenoxy) is 1. The number of hydrogen-bond donors (Lipinski definition) is 1. The van der Waals surface area contributed by atoms with Crippen molar-refractivity contribution >= 4 is 0 Å². The van der Waals surface area contributed by atoms with Gasteiger partial charge >= 0.3 is 0 Å². The van der Waals surface area contributed by atoms with Crippen LogP contribution in [0, 0.1) is 5.41 Å². The highest BCUT2D eigenvalue weighted by Gasteiger charge is 2.35. The Labute approximate surface area is 109 Å². The van der Waals surface area contributed by atoms with E-state index in [1.54, 1.807) is 0 Å². The fraction of sp³-hybridized carbons (Fsp3) is 0.643. The molecule has 1 unspecified atom stereocenters. The van der Waals surface area contributed by atoms with E-state index < -0.39 is 0 Å². The zero-order valence-electron chi connectivity index (χ0n) is 11.1. The Morgan fingerprint density at radius 2 is 2.39 bits per heavy atom. The molecule has 4 nitrogen and oxygen atoms in total. The minimum absolute atomic E-state index is 0.144. The molecule has 18 heavy (non-hydrogen) atoms. The predicted molar refractivity (Wildman–Crippen MR) is 72.1 cm³/mol. The van der Waals surface area contributed by atoms with Gasteiger partial charge in [-0.05, 0) is 25.1 Å². The molecule has 0 aliphatic carbocycles. The first-order chi connectivity index (χ1) is 8.78. The van der Waals surface area contributed by atoms with Crippen LogP contribution in [-0.4, -0.2) is 42.7 Å². The van der Waals surface area contributed by atoms with E-state index >= 15 is 0 Å². The van der Waals surface area contributed by atoms with Gasteiger partial charge in [-0.2, -0.15) is 0 Å². The minimum atomic E-state index is 0.144. The summed E-state index contributed by atoms with van der Waals surface area (Å²) in [6, 6.07) is 6.06. The van der Waals surface area contributed by atoms with Gasteiger partial charge in [0.05, 0.1) is 12.3 Å². The van der Waals surface area contributed by atoms with Crippen LogP contribution in [0.3, 0.4) is 0 Å². The van der Waals surface area contributed by atoms with E-state index in [0.29, 0.717) is 6.54 Å². The number of rotatable bonds is 6. The smallest absolute Gasteiger partial charge is 0.0547 e. The fourth-order valence-corrected chi connectivity index (χ4v) is 2.47. The van der Waals surface area contributed by atoms with Crippen LogP contribution in [0.2, 0.25) is 0 Å². The van der Waals surface area contributed by atoms with Crippen LogP contribution in [0.4, 0.5) is 0 Å². The maximum absolute atomic E-state index is 5.94. The third-order valence-electron chi connectivity index (χ3n) is 3.74. The minimum Gasteiger partial charge on any atom is -0.381 e. The van der Waals surface area contributed by atoms with Gasteiger partial charge in [-0.15, -0.1) is 0 Å². The molecule has 1 aromatic heterocycles. The standard InChI is InChI=1S/C14H23N3O/c1-2-17(9-13-5-3-4-7-16-13)11-14(10-15)6-8-18-12-14/h3-5,7H,2,6,8-12,15H2,1H3. The van der Waals surface area contributed by atoms with Gasteiger partial charge in [0.15, 0.2) is 0 Å². The van der Waals surface area contributed by atoms with Gasteiger partial charge in [-0.3, -0.25) is 9.88 Å². The molecule has 2 rings (SSSR count). The summed E-state index contributed by atoms with van der Waals surface area (Å²) in [5.74, 6) is 0. The lowest BCUT2D eigenvalue weighted by Gasteiger charge is -2.32. The van der Waals surface area contributed by atoms with Crippen molar-refractivity contribution in [3.05, 3.63) is 30.1 Å². The van der Waals surface area contributed by atoms with Gasteiger partial charge < -0.3 is 10.5 Å². The Hall–Kier alpha value is -0.970.